The van der Waals surface area contributed by atoms with E-state index in [-0.39, 0.29) is 11.6 Å². The van der Waals surface area contributed by atoms with Gasteiger partial charge in [-0.25, -0.2) is 0 Å². The summed E-state index contributed by atoms with van der Waals surface area (Å²) in [5, 5.41) is 0. The van der Waals surface area contributed by atoms with Gasteiger partial charge in [0.2, 0.25) is 0 Å². The molecule has 2 nitrogen and oxygen atoms in total. The minimum Gasteiger partial charge on any atom is -0.289 e. The van der Waals surface area contributed by atoms with Crippen molar-refractivity contribution in [3.05, 3.63) is 308 Å². The number of hydrogen-bond donors (Lipinski definition) is 0. The third-order valence-corrected chi connectivity index (χ3v) is 13.1. The van der Waals surface area contributed by atoms with Crippen LogP contribution in [-0.4, -0.2) is 11.6 Å². The maximum atomic E-state index is 14.0. The molecule has 0 amide bonds. The third kappa shape index (κ3) is 16.4. The van der Waals surface area contributed by atoms with Gasteiger partial charge in [-0.15, -0.1) is 0 Å². The van der Waals surface area contributed by atoms with E-state index in [0.29, 0.717) is 28.2 Å². The topological polar surface area (TPSA) is 34.1 Å². The Morgan fingerprint density at radius 3 is 0.905 bits per heavy atom. The molecule has 0 aliphatic carbocycles. The molecule has 0 bridgehead atoms. The third-order valence-electron chi connectivity index (χ3n) is 13.1. The van der Waals surface area contributed by atoms with Crippen molar-refractivity contribution in [2.75, 3.05) is 0 Å². The number of rotatable bonds is 9. The van der Waals surface area contributed by atoms with E-state index in [4.69, 9.17) is 0 Å². The molecule has 0 fully saturated rings. The largest absolute Gasteiger partial charge is 0.289 e. The van der Waals surface area contributed by atoms with Crippen LogP contribution >= 0.6 is 0 Å². The molecule has 0 spiro atoms. The monoisotopic (exact) mass is 971 g/mol. The standard InChI is InChI=1S/C36H30O2.C11H14.C9H10.2C8H10/c1-23-5-13-27(14-6-23)31-21-34(36(38)30-19-11-26(4)12-20-30)32(28-15-7-24(2)8-16-28)22-33(31)35(37)29-17-9-25(3)10-18-29;1-4-10-7-5-6-8-11(10)9(2)3;1-3-9-7-5-4-6-8(9)2;2*1-7-5-3-4-6-8(7)2/h5-22H,1-4H3;4-9H,1H2,2-3H3;3-7H,1H2,2H3;2*3-6H,1-2H3. The lowest BCUT2D eigenvalue weighted by Gasteiger charge is -2.17. The Morgan fingerprint density at radius 1 is 0.351 bits per heavy atom. The van der Waals surface area contributed by atoms with Gasteiger partial charge >= 0.3 is 0 Å². The highest BCUT2D eigenvalue weighted by atomic mass is 16.1. The summed E-state index contributed by atoms with van der Waals surface area (Å²) in [6, 6.07) is 68.6. The number of hydrogen-bond acceptors (Lipinski definition) is 2. The quantitative estimate of drug-likeness (QED) is 0.135. The van der Waals surface area contributed by atoms with Crippen molar-refractivity contribution in [3.63, 3.8) is 0 Å². The van der Waals surface area contributed by atoms with Gasteiger partial charge in [0, 0.05) is 22.3 Å². The predicted octanol–water partition coefficient (Wildman–Crippen LogP) is 19.4. The van der Waals surface area contributed by atoms with Crippen LogP contribution in [0.1, 0.15) is 118 Å². The molecule has 9 rings (SSSR count). The maximum absolute atomic E-state index is 14.0. The fourth-order valence-electron chi connectivity index (χ4n) is 8.00. The first kappa shape index (κ1) is 56.7. The number of carbonyl (C=O) groups excluding carboxylic acids is 2. The molecular formula is C72H74O2. The Balaban J connectivity index is 0.000000224. The summed E-state index contributed by atoms with van der Waals surface area (Å²) in [6.07, 6.45) is 3.78. The van der Waals surface area contributed by atoms with Crippen molar-refractivity contribution in [2.24, 2.45) is 0 Å². The molecule has 0 atom stereocenters. The molecule has 0 saturated heterocycles. The smallest absolute Gasteiger partial charge is 0.193 e. The van der Waals surface area contributed by atoms with Crippen molar-refractivity contribution in [1.82, 2.24) is 0 Å². The highest BCUT2D eigenvalue weighted by Gasteiger charge is 2.23. The maximum Gasteiger partial charge on any atom is 0.193 e. The van der Waals surface area contributed by atoms with Gasteiger partial charge in [-0.1, -0.05) is 256 Å². The molecule has 9 aromatic carbocycles. The zero-order chi connectivity index (χ0) is 53.7. The lowest BCUT2D eigenvalue weighted by atomic mass is 9.85. The van der Waals surface area contributed by atoms with Gasteiger partial charge in [-0.3, -0.25) is 9.59 Å². The molecule has 0 aromatic heterocycles. The summed E-state index contributed by atoms with van der Waals surface area (Å²) in [5.41, 5.74) is 20.8. The van der Waals surface area contributed by atoms with Crippen LogP contribution in [0, 0.1) is 62.3 Å². The summed E-state index contributed by atoms with van der Waals surface area (Å²) in [5.74, 6) is 0.454. The van der Waals surface area contributed by atoms with Crippen molar-refractivity contribution < 1.29 is 9.59 Å². The SMILES string of the molecule is C=Cc1ccccc1C.C=Cc1ccccc1C(C)C.Cc1ccc(C(=O)c2cc(-c3ccc(C)cc3)c(C(=O)c3ccc(C)cc3)cc2-c2ccc(C)cc2)cc1.Cc1ccccc1C.Cc1ccccc1C. The Kier molecular flexibility index (Phi) is 21.6. The molecule has 2 heteroatoms. The van der Waals surface area contributed by atoms with E-state index >= 15 is 0 Å². The van der Waals surface area contributed by atoms with Crippen molar-refractivity contribution in [2.45, 2.75) is 82.1 Å². The zero-order valence-electron chi connectivity index (χ0n) is 45.6. The summed E-state index contributed by atoms with van der Waals surface area (Å²) >= 11 is 0. The summed E-state index contributed by atoms with van der Waals surface area (Å²) < 4.78 is 0. The van der Waals surface area contributed by atoms with Crippen LogP contribution < -0.4 is 0 Å². The van der Waals surface area contributed by atoms with E-state index in [9.17, 15) is 9.59 Å². The van der Waals surface area contributed by atoms with Gasteiger partial charge in [-0.05, 0) is 147 Å². The first-order valence-electron chi connectivity index (χ1n) is 25.5. The number of ketones is 2. The molecule has 374 valence electrons. The summed E-state index contributed by atoms with van der Waals surface area (Å²) in [4.78, 5) is 27.9. The molecule has 0 N–H and O–H groups in total. The Hall–Kier alpha value is -8.20. The van der Waals surface area contributed by atoms with E-state index in [2.05, 4.69) is 140 Å². The Bertz CT molecular complexity index is 3040. The van der Waals surface area contributed by atoms with E-state index in [0.717, 1.165) is 44.5 Å². The second kappa shape index (κ2) is 28.1. The fraction of sp³-hybridized carbons (Fsp3) is 0.167. The van der Waals surface area contributed by atoms with Gasteiger partial charge in [0.15, 0.2) is 11.6 Å². The Labute approximate surface area is 443 Å². The van der Waals surface area contributed by atoms with Crippen LogP contribution in [0.25, 0.3) is 34.4 Å². The second-order valence-corrected chi connectivity index (χ2v) is 19.3. The number of benzene rings is 9. The van der Waals surface area contributed by atoms with Gasteiger partial charge in [0.05, 0.1) is 0 Å². The molecule has 0 aliphatic rings. The highest BCUT2D eigenvalue weighted by Crippen LogP contribution is 2.36. The molecule has 9 aromatic rings. The van der Waals surface area contributed by atoms with Crippen LogP contribution in [0.15, 0.2) is 219 Å². The minimum absolute atomic E-state index is 0.0664. The van der Waals surface area contributed by atoms with Gasteiger partial charge in [-0.2, -0.15) is 0 Å². The number of carbonyl (C=O) groups is 2. The van der Waals surface area contributed by atoms with E-state index in [1.54, 1.807) is 0 Å². The molecule has 74 heavy (non-hydrogen) atoms. The molecule has 0 radical (unpaired) electrons. The molecule has 0 heterocycles. The van der Waals surface area contributed by atoms with Crippen LogP contribution in [0.3, 0.4) is 0 Å². The van der Waals surface area contributed by atoms with Crippen LogP contribution in [0.5, 0.6) is 0 Å². The number of aryl methyl sites for hydroxylation is 9. The average Bonchev–Trinajstić information content (AvgIpc) is 3.41. The van der Waals surface area contributed by atoms with Gasteiger partial charge in [0.25, 0.3) is 0 Å². The van der Waals surface area contributed by atoms with E-state index < -0.39 is 0 Å². The fourth-order valence-corrected chi connectivity index (χ4v) is 8.00. The molecular weight excluding hydrogens is 897 g/mol. The van der Waals surface area contributed by atoms with E-state index in [1.165, 1.54) is 44.5 Å². The Morgan fingerprint density at radius 2 is 0.635 bits per heavy atom. The van der Waals surface area contributed by atoms with Crippen LogP contribution in [-0.2, 0) is 0 Å². The van der Waals surface area contributed by atoms with Crippen molar-refractivity contribution >= 4 is 23.7 Å². The highest BCUT2D eigenvalue weighted by molar-refractivity contribution is 6.18. The average molecular weight is 971 g/mol. The van der Waals surface area contributed by atoms with Gasteiger partial charge in [0.1, 0.15) is 0 Å². The zero-order valence-corrected chi connectivity index (χ0v) is 45.6. The van der Waals surface area contributed by atoms with Gasteiger partial charge < -0.3 is 0 Å². The predicted molar refractivity (Wildman–Crippen MR) is 320 cm³/mol. The lowest BCUT2D eigenvalue weighted by Crippen LogP contribution is -2.09. The molecule has 0 saturated carbocycles. The molecule has 0 unspecified atom stereocenters. The van der Waals surface area contributed by atoms with Crippen LogP contribution in [0.2, 0.25) is 0 Å². The molecule has 0 aliphatic heterocycles. The lowest BCUT2D eigenvalue weighted by molar-refractivity contribution is 0.102. The van der Waals surface area contributed by atoms with Crippen molar-refractivity contribution in [3.8, 4) is 22.3 Å². The second-order valence-electron chi connectivity index (χ2n) is 19.3. The van der Waals surface area contributed by atoms with Crippen molar-refractivity contribution in [1.29, 1.82) is 0 Å². The minimum atomic E-state index is -0.0664. The normalized spacial score (nSPS) is 10.2. The summed E-state index contributed by atoms with van der Waals surface area (Å²) in [7, 11) is 0. The first-order valence-corrected chi connectivity index (χ1v) is 25.5. The van der Waals surface area contributed by atoms with E-state index in [1.807, 2.05) is 167 Å². The first-order chi connectivity index (χ1) is 35.5. The summed E-state index contributed by atoms with van der Waals surface area (Å²) in [6.45, 7) is 30.5. The van der Waals surface area contributed by atoms with Crippen LogP contribution in [0.4, 0.5) is 0 Å².